The first-order valence-corrected chi connectivity index (χ1v) is 8.80. The number of anilines is 2. The molecule has 0 saturated carbocycles. The summed E-state index contributed by atoms with van der Waals surface area (Å²) < 4.78 is 36.2. The number of aromatic nitrogens is 1. The maximum atomic E-state index is 12.2. The molecule has 2 aromatic rings. The van der Waals surface area contributed by atoms with Gasteiger partial charge in [-0.3, -0.25) is 14.3 Å². The first-order chi connectivity index (χ1) is 11.8. The lowest BCUT2D eigenvalue weighted by atomic mass is 10.3. The first-order valence-electron chi connectivity index (χ1n) is 7.32. The number of amides is 1. The molecule has 2 N–H and O–H groups in total. The van der Waals surface area contributed by atoms with E-state index in [1.165, 1.54) is 30.3 Å². The fourth-order valence-corrected chi connectivity index (χ4v) is 2.86. The molecule has 2 rings (SSSR count). The van der Waals surface area contributed by atoms with Gasteiger partial charge in [0.1, 0.15) is 12.2 Å². The van der Waals surface area contributed by atoms with Gasteiger partial charge in [-0.05, 0) is 38.1 Å². The zero-order valence-electron chi connectivity index (χ0n) is 13.6. The van der Waals surface area contributed by atoms with Crippen molar-refractivity contribution in [2.75, 3.05) is 16.6 Å². The number of carbonyl (C=O) groups is 2. The molecule has 0 radical (unpaired) electrons. The number of ether oxygens (including phenoxy) is 1. The topological polar surface area (TPSA) is 128 Å². The average Bonchev–Trinajstić information content (AvgIpc) is 2.92. The van der Waals surface area contributed by atoms with E-state index in [1.807, 2.05) is 0 Å². The van der Waals surface area contributed by atoms with Crippen LogP contribution >= 0.6 is 0 Å². The van der Waals surface area contributed by atoms with Crippen molar-refractivity contribution in [2.45, 2.75) is 25.2 Å². The molecule has 1 amide bonds. The summed E-state index contributed by atoms with van der Waals surface area (Å²) in [4.78, 5) is 22.9. The summed E-state index contributed by atoms with van der Waals surface area (Å²) in [5.74, 6) is -0.641. The number of carbonyl (C=O) groups excluding carboxylic acids is 2. The predicted molar refractivity (Wildman–Crippen MR) is 88.4 cm³/mol. The van der Waals surface area contributed by atoms with Gasteiger partial charge in [0.2, 0.25) is 5.91 Å². The molecule has 0 aliphatic carbocycles. The smallest absolute Gasteiger partial charge is 0.315 e. The quantitative estimate of drug-likeness (QED) is 0.563. The van der Waals surface area contributed by atoms with E-state index < -0.39 is 28.3 Å². The standard InChI is InChI=1S/C15H17N3O6S/c1-3-23-15(20)9-14(19)16-11-4-6-12(7-5-11)25(21,22)18-13-8-10(2)24-17-13/h4-8H,3,9H2,1-2H3,(H,16,19)(H,17,18). The van der Waals surface area contributed by atoms with Crippen LogP contribution in [0.4, 0.5) is 11.5 Å². The third-order valence-electron chi connectivity index (χ3n) is 2.93. The lowest BCUT2D eigenvalue weighted by Gasteiger charge is -2.07. The molecule has 0 bridgehead atoms. The SMILES string of the molecule is CCOC(=O)CC(=O)Nc1ccc(S(=O)(=O)Nc2cc(C)on2)cc1. The van der Waals surface area contributed by atoms with Crippen molar-refractivity contribution in [1.82, 2.24) is 5.16 Å². The second-order valence-electron chi connectivity index (χ2n) is 4.98. The van der Waals surface area contributed by atoms with E-state index in [1.54, 1.807) is 13.8 Å². The van der Waals surface area contributed by atoms with Crippen LogP contribution in [0.1, 0.15) is 19.1 Å². The number of hydrogen-bond acceptors (Lipinski definition) is 7. The van der Waals surface area contributed by atoms with Gasteiger partial charge in [0.15, 0.2) is 5.82 Å². The van der Waals surface area contributed by atoms with Gasteiger partial charge in [-0.15, -0.1) is 0 Å². The first kappa shape index (κ1) is 18.5. The van der Waals surface area contributed by atoms with Crippen molar-refractivity contribution in [1.29, 1.82) is 0 Å². The number of rotatable bonds is 7. The fraction of sp³-hybridized carbons (Fsp3) is 0.267. The van der Waals surface area contributed by atoms with Crippen LogP contribution in [-0.2, 0) is 24.3 Å². The Labute approximate surface area is 144 Å². The molecular formula is C15H17N3O6S. The highest BCUT2D eigenvalue weighted by Gasteiger charge is 2.17. The Kier molecular flexibility index (Phi) is 5.75. The summed E-state index contributed by atoms with van der Waals surface area (Å²) in [6, 6.07) is 6.89. The van der Waals surface area contributed by atoms with E-state index in [2.05, 4.69) is 19.9 Å². The Hall–Kier alpha value is -2.88. The fourth-order valence-electron chi connectivity index (χ4n) is 1.88. The lowest BCUT2D eigenvalue weighted by molar-refractivity contribution is -0.145. The van der Waals surface area contributed by atoms with E-state index in [4.69, 9.17) is 4.52 Å². The second-order valence-corrected chi connectivity index (χ2v) is 6.67. The van der Waals surface area contributed by atoms with Gasteiger partial charge in [0, 0.05) is 11.8 Å². The van der Waals surface area contributed by atoms with E-state index in [0.29, 0.717) is 11.4 Å². The number of sulfonamides is 1. The Morgan fingerprint density at radius 1 is 1.24 bits per heavy atom. The van der Waals surface area contributed by atoms with Gasteiger partial charge in [0.05, 0.1) is 11.5 Å². The van der Waals surface area contributed by atoms with Gasteiger partial charge in [0.25, 0.3) is 10.0 Å². The van der Waals surface area contributed by atoms with E-state index in [9.17, 15) is 18.0 Å². The monoisotopic (exact) mass is 367 g/mol. The molecule has 0 fully saturated rings. The molecular weight excluding hydrogens is 350 g/mol. The zero-order valence-corrected chi connectivity index (χ0v) is 14.4. The van der Waals surface area contributed by atoms with Crippen LogP contribution in [0.2, 0.25) is 0 Å². The summed E-state index contributed by atoms with van der Waals surface area (Å²) in [7, 11) is -3.83. The van der Waals surface area contributed by atoms with Crippen LogP contribution in [0.15, 0.2) is 39.8 Å². The zero-order chi connectivity index (χ0) is 18.4. The molecule has 134 valence electrons. The van der Waals surface area contributed by atoms with Gasteiger partial charge in [-0.2, -0.15) is 0 Å². The molecule has 0 aliphatic rings. The summed E-state index contributed by atoms with van der Waals surface area (Å²) in [6.07, 6.45) is -0.416. The summed E-state index contributed by atoms with van der Waals surface area (Å²) >= 11 is 0. The van der Waals surface area contributed by atoms with Crippen molar-refractivity contribution in [2.24, 2.45) is 0 Å². The Morgan fingerprint density at radius 2 is 1.92 bits per heavy atom. The molecule has 0 aliphatic heterocycles. The Balaban J connectivity index is 2.01. The number of aryl methyl sites for hydroxylation is 1. The van der Waals surface area contributed by atoms with Crippen molar-refractivity contribution in [3.05, 3.63) is 36.1 Å². The van der Waals surface area contributed by atoms with Crippen molar-refractivity contribution < 1.29 is 27.3 Å². The van der Waals surface area contributed by atoms with Crippen LogP contribution in [0.25, 0.3) is 0 Å². The summed E-state index contributed by atoms with van der Waals surface area (Å²) in [5.41, 5.74) is 0.352. The predicted octanol–water partition coefficient (Wildman–Crippen LogP) is 1.68. The lowest BCUT2D eigenvalue weighted by Crippen LogP contribution is -2.18. The molecule has 0 atom stereocenters. The van der Waals surface area contributed by atoms with Gasteiger partial charge < -0.3 is 14.6 Å². The maximum Gasteiger partial charge on any atom is 0.315 e. The minimum absolute atomic E-state index is 0.0171. The highest BCUT2D eigenvalue weighted by Crippen LogP contribution is 2.18. The Bertz CT molecular complexity index is 858. The summed E-state index contributed by atoms with van der Waals surface area (Å²) in [5, 5.41) is 6.04. The molecule has 25 heavy (non-hydrogen) atoms. The van der Waals surface area contributed by atoms with Gasteiger partial charge >= 0.3 is 5.97 Å². The number of benzene rings is 1. The maximum absolute atomic E-state index is 12.2. The number of esters is 1. The molecule has 0 unspecified atom stereocenters. The molecule has 0 spiro atoms. The third kappa shape index (κ3) is 5.31. The van der Waals surface area contributed by atoms with Crippen molar-refractivity contribution in [3.63, 3.8) is 0 Å². The highest BCUT2D eigenvalue weighted by atomic mass is 32.2. The second kappa shape index (κ2) is 7.79. The van der Waals surface area contributed by atoms with E-state index in [0.717, 1.165) is 0 Å². The van der Waals surface area contributed by atoms with Crippen LogP contribution < -0.4 is 10.0 Å². The minimum Gasteiger partial charge on any atom is -0.466 e. The van der Waals surface area contributed by atoms with Crippen LogP contribution in [0, 0.1) is 6.92 Å². The van der Waals surface area contributed by atoms with Gasteiger partial charge in [-0.25, -0.2) is 8.42 Å². The molecule has 9 nitrogen and oxygen atoms in total. The molecule has 10 heteroatoms. The van der Waals surface area contributed by atoms with Gasteiger partial charge in [-0.1, -0.05) is 5.16 Å². The van der Waals surface area contributed by atoms with E-state index >= 15 is 0 Å². The highest BCUT2D eigenvalue weighted by molar-refractivity contribution is 7.92. The molecule has 0 saturated heterocycles. The third-order valence-corrected chi connectivity index (χ3v) is 4.30. The van der Waals surface area contributed by atoms with Crippen LogP contribution in [-0.4, -0.2) is 32.1 Å². The normalized spacial score (nSPS) is 11.0. The largest absolute Gasteiger partial charge is 0.466 e. The van der Waals surface area contributed by atoms with E-state index in [-0.39, 0.29) is 17.3 Å². The Morgan fingerprint density at radius 3 is 2.48 bits per heavy atom. The van der Waals surface area contributed by atoms with Crippen LogP contribution in [0.5, 0.6) is 0 Å². The molecule has 1 aromatic heterocycles. The molecule has 1 aromatic carbocycles. The van der Waals surface area contributed by atoms with Crippen molar-refractivity contribution >= 4 is 33.4 Å². The van der Waals surface area contributed by atoms with Crippen molar-refractivity contribution in [3.8, 4) is 0 Å². The number of nitrogens with zero attached hydrogens (tertiary/aromatic N) is 1. The molecule has 1 heterocycles. The number of nitrogens with one attached hydrogen (secondary N) is 2. The minimum atomic E-state index is -3.83. The number of hydrogen-bond donors (Lipinski definition) is 2. The average molecular weight is 367 g/mol. The summed E-state index contributed by atoms with van der Waals surface area (Å²) in [6.45, 7) is 3.47. The van der Waals surface area contributed by atoms with Crippen LogP contribution in [0.3, 0.4) is 0 Å².